The van der Waals surface area contributed by atoms with E-state index in [1.807, 2.05) is 18.2 Å². The summed E-state index contributed by atoms with van der Waals surface area (Å²) in [4.78, 5) is 26.9. The molecular weight excluding hydrogens is 331 g/mol. The number of amides is 2. The van der Waals surface area contributed by atoms with Crippen LogP contribution in [0.3, 0.4) is 0 Å². The molecule has 1 N–H and O–H groups in total. The predicted octanol–water partition coefficient (Wildman–Crippen LogP) is 3.94. The molecule has 4 nitrogen and oxygen atoms in total. The predicted molar refractivity (Wildman–Crippen MR) is 101 cm³/mol. The summed E-state index contributed by atoms with van der Waals surface area (Å²) >= 11 is 0. The quantitative estimate of drug-likeness (QED) is 0.884. The van der Waals surface area contributed by atoms with E-state index in [4.69, 9.17) is 0 Å². The molecule has 2 aromatic carbocycles. The molecule has 0 radical (unpaired) electrons. The van der Waals surface area contributed by atoms with Crippen molar-refractivity contribution < 1.29 is 14.0 Å². The van der Waals surface area contributed by atoms with Gasteiger partial charge in [0, 0.05) is 24.3 Å². The third kappa shape index (κ3) is 3.62. The molecule has 1 saturated heterocycles. The van der Waals surface area contributed by atoms with Crippen LogP contribution in [-0.4, -0.2) is 18.4 Å². The Morgan fingerprint density at radius 3 is 2.31 bits per heavy atom. The zero-order chi connectivity index (χ0) is 18.7. The summed E-state index contributed by atoms with van der Waals surface area (Å²) < 4.78 is 13.0. The number of carbonyl (C=O) groups is 2. The monoisotopic (exact) mass is 354 g/mol. The molecule has 3 rings (SSSR count). The summed E-state index contributed by atoms with van der Waals surface area (Å²) in [5.41, 5.74) is 3.74. The number of aryl methyl sites for hydroxylation is 2. The van der Waals surface area contributed by atoms with Gasteiger partial charge in [-0.1, -0.05) is 32.0 Å². The number of hydrogen-bond acceptors (Lipinski definition) is 2. The number of carbonyl (C=O) groups excluding carboxylic acids is 2. The molecular formula is C21H23FN2O2. The largest absolute Gasteiger partial charge is 0.326 e. The fourth-order valence-corrected chi connectivity index (χ4v) is 3.44. The van der Waals surface area contributed by atoms with Gasteiger partial charge in [-0.15, -0.1) is 0 Å². The number of hydrogen-bond donors (Lipinski definition) is 1. The van der Waals surface area contributed by atoms with Crippen molar-refractivity contribution in [3.8, 4) is 0 Å². The van der Waals surface area contributed by atoms with E-state index in [-0.39, 0.29) is 24.1 Å². The normalized spacial score (nSPS) is 16.8. The van der Waals surface area contributed by atoms with Gasteiger partial charge in [-0.25, -0.2) is 4.39 Å². The summed E-state index contributed by atoms with van der Waals surface area (Å²) in [6.07, 6.45) is 1.85. The van der Waals surface area contributed by atoms with Crippen molar-refractivity contribution in [1.29, 1.82) is 0 Å². The van der Waals surface area contributed by atoms with Crippen molar-refractivity contribution in [2.75, 3.05) is 16.8 Å². The van der Waals surface area contributed by atoms with Crippen molar-refractivity contribution in [2.45, 2.75) is 33.1 Å². The van der Waals surface area contributed by atoms with Crippen LogP contribution in [0.4, 0.5) is 15.8 Å². The Labute approximate surface area is 153 Å². The first-order valence-corrected chi connectivity index (χ1v) is 9.01. The molecule has 1 heterocycles. The lowest BCUT2D eigenvalue weighted by Crippen LogP contribution is -2.29. The second-order valence-corrected chi connectivity index (χ2v) is 6.53. The minimum absolute atomic E-state index is 0.0279. The molecule has 2 amide bonds. The second kappa shape index (κ2) is 7.68. The Balaban J connectivity index is 1.79. The third-order valence-corrected chi connectivity index (χ3v) is 4.84. The highest BCUT2D eigenvalue weighted by molar-refractivity contribution is 6.04. The van der Waals surface area contributed by atoms with Crippen LogP contribution >= 0.6 is 0 Å². The lowest BCUT2D eigenvalue weighted by molar-refractivity contribution is -0.122. The summed E-state index contributed by atoms with van der Waals surface area (Å²) in [6, 6.07) is 11.7. The van der Waals surface area contributed by atoms with Crippen molar-refractivity contribution >= 4 is 23.2 Å². The molecule has 0 aromatic heterocycles. The van der Waals surface area contributed by atoms with E-state index in [1.165, 1.54) is 24.3 Å². The fraction of sp³-hybridized carbons (Fsp3) is 0.333. The highest BCUT2D eigenvalue weighted by atomic mass is 19.1. The summed E-state index contributed by atoms with van der Waals surface area (Å²) in [5, 5.41) is 2.78. The van der Waals surface area contributed by atoms with Gasteiger partial charge in [0.05, 0.1) is 5.92 Å². The number of anilines is 2. The molecule has 26 heavy (non-hydrogen) atoms. The molecule has 0 bridgehead atoms. The van der Waals surface area contributed by atoms with Crippen LogP contribution in [0.15, 0.2) is 42.5 Å². The molecule has 1 aliphatic rings. The summed E-state index contributed by atoms with van der Waals surface area (Å²) in [6.45, 7) is 4.50. The van der Waals surface area contributed by atoms with E-state index < -0.39 is 5.92 Å². The van der Waals surface area contributed by atoms with Gasteiger partial charge in [0.2, 0.25) is 11.8 Å². The Bertz CT molecular complexity index is 795. The number of nitrogens with one attached hydrogen (secondary N) is 1. The van der Waals surface area contributed by atoms with Crippen LogP contribution < -0.4 is 10.2 Å². The molecule has 1 atom stereocenters. The van der Waals surface area contributed by atoms with Crippen LogP contribution in [0.2, 0.25) is 0 Å². The average molecular weight is 354 g/mol. The van der Waals surface area contributed by atoms with Crippen LogP contribution in [0, 0.1) is 11.7 Å². The van der Waals surface area contributed by atoms with E-state index in [2.05, 4.69) is 19.2 Å². The molecule has 0 unspecified atom stereocenters. The Morgan fingerprint density at radius 2 is 1.73 bits per heavy atom. The minimum Gasteiger partial charge on any atom is -0.326 e. The van der Waals surface area contributed by atoms with E-state index in [0.717, 1.165) is 29.7 Å². The third-order valence-electron chi connectivity index (χ3n) is 4.84. The number of halogens is 1. The van der Waals surface area contributed by atoms with Crippen LogP contribution in [-0.2, 0) is 22.4 Å². The minimum atomic E-state index is -0.415. The summed E-state index contributed by atoms with van der Waals surface area (Å²) in [7, 11) is 0. The topological polar surface area (TPSA) is 49.4 Å². The zero-order valence-corrected chi connectivity index (χ0v) is 15.1. The van der Waals surface area contributed by atoms with Crippen molar-refractivity contribution in [2.24, 2.45) is 5.92 Å². The summed E-state index contributed by atoms with van der Waals surface area (Å²) in [5.74, 6) is -1.00. The first kappa shape index (κ1) is 18.1. The van der Waals surface area contributed by atoms with Crippen molar-refractivity contribution in [1.82, 2.24) is 0 Å². The standard InChI is InChI=1S/C21H23FN2O2/c1-3-14-6-5-7-15(4-2)20(14)24-13-16(12-19(24)25)21(26)23-18-10-8-17(22)9-11-18/h5-11,16H,3-4,12-13H2,1-2H3,(H,23,26)/t16-/m1/s1. The maximum atomic E-state index is 13.0. The van der Waals surface area contributed by atoms with Gasteiger partial charge in [-0.3, -0.25) is 9.59 Å². The molecule has 0 aliphatic carbocycles. The number of para-hydroxylation sites is 1. The van der Waals surface area contributed by atoms with Gasteiger partial charge in [0.1, 0.15) is 5.82 Å². The molecule has 5 heteroatoms. The van der Waals surface area contributed by atoms with Gasteiger partial charge in [-0.2, -0.15) is 0 Å². The van der Waals surface area contributed by atoms with Gasteiger partial charge in [0.25, 0.3) is 0 Å². The van der Waals surface area contributed by atoms with Crippen molar-refractivity contribution in [3.63, 3.8) is 0 Å². The molecule has 136 valence electrons. The van der Waals surface area contributed by atoms with Crippen molar-refractivity contribution in [3.05, 3.63) is 59.4 Å². The van der Waals surface area contributed by atoms with Crippen LogP contribution in [0.25, 0.3) is 0 Å². The number of benzene rings is 2. The molecule has 2 aromatic rings. The van der Waals surface area contributed by atoms with Gasteiger partial charge < -0.3 is 10.2 Å². The maximum absolute atomic E-state index is 13.0. The van der Waals surface area contributed by atoms with Gasteiger partial charge >= 0.3 is 0 Å². The number of nitrogens with zero attached hydrogens (tertiary/aromatic N) is 1. The highest BCUT2D eigenvalue weighted by Crippen LogP contribution is 2.32. The first-order chi connectivity index (χ1) is 12.5. The van der Waals surface area contributed by atoms with E-state index >= 15 is 0 Å². The highest BCUT2D eigenvalue weighted by Gasteiger charge is 2.36. The maximum Gasteiger partial charge on any atom is 0.229 e. The molecule has 0 saturated carbocycles. The zero-order valence-electron chi connectivity index (χ0n) is 15.1. The van der Waals surface area contributed by atoms with Gasteiger partial charge in [-0.05, 0) is 48.2 Å². The molecule has 0 spiro atoms. The molecule has 1 fully saturated rings. The van der Waals surface area contributed by atoms with E-state index in [9.17, 15) is 14.0 Å². The van der Waals surface area contributed by atoms with Crippen LogP contribution in [0.1, 0.15) is 31.4 Å². The smallest absolute Gasteiger partial charge is 0.229 e. The Hall–Kier alpha value is -2.69. The first-order valence-electron chi connectivity index (χ1n) is 9.01. The van der Waals surface area contributed by atoms with E-state index in [0.29, 0.717) is 12.2 Å². The Kier molecular flexibility index (Phi) is 5.35. The van der Waals surface area contributed by atoms with E-state index in [1.54, 1.807) is 4.90 Å². The lowest BCUT2D eigenvalue weighted by Gasteiger charge is -2.23. The SMILES string of the molecule is CCc1cccc(CC)c1N1C[C@H](C(=O)Nc2ccc(F)cc2)CC1=O. The average Bonchev–Trinajstić information content (AvgIpc) is 3.04. The second-order valence-electron chi connectivity index (χ2n) is 6.53. The Morgan fingerprint density at radius 1 is 1.12 bits per heavy atom. The molecule has 1 aliphatic heterocycles. The fourth-order valence-electron chi connectivity index (χ4n) is 3.44. The van der Waals surface area contributed by atoms with Crippen LogP contribution in [0.5, 0.6) is 0 Å². The van der Waals surface area contributed by atoms with Gasteiger partial charge in [0.15, 0.2) is 0 Å². The lowest BCUT2D eigenvalue weighted by atomic mass is 10.0. The number of rotatable bonds is 5.